The van der Waals surface area contributed by atoms with Crippen LogP contribution >= 0.6 is 0 Å². The summed E-state index contributed by atoms with van der Waals surface area (Å²) < 4.78 is 19.1. The van der Waals surface area contributed by atoms with Gasteiger partial charge in [0.15, 0.2) is 0 Å². The fourth-order valence-corrected chi connectivity index (χ4v) is 3.82. The summed E-state index contributed by atoms with van der Waals surface area (Å²) in [5.74, 6) is -0.649. The van der Waals surface area contributed by atoms with Crippen molar-refractivity contribution in [1.29, 1.82) is 0 Å². The predicted molar refractivity (Wildman–Crippen MR) is 91.8 cm³/mol. The Morgan fingerprint density at radius 1 is 1.32 bits per heavy atom. The van der Waals surface area contributed by atoms with Crippen molar-refractivity contribution in [3.63, 3.8) is 0 Å². The van der Waals surface area contributed by atoms with Crippen molar-refractivity contribution < 1.29 is 18.7 Å². The van der Waals surface area contributed by atoms with E-state index in [1.807, 2.05) is 0 Å². The monoisotopic (exact) mass is 349 g/mol. The number of likely N-dealkylation sites (tertiary alicyclic amines) is 1. The lowest BCUT2D eigenvalue weighted by molar-refractivity contribution is -0.129. The minimum Gasteiger partial charge on any atom is -0.381 e. The van der Waals surface area contributed by atoms with Crippen molar-refractivity contribution in [3.8, 4) is 0 Å². The lowest BCUT2D eigenvalue weighted by Gasteiger charge is -2.36. The van der Waals surface area contributed by atoms with Crippen LogP contribution in [0.2, 0.25) is 0 Å². The zero-order valence-electron chi connectivity index (χ0n) is 14.6. The van der Waals surface area contributed by atoms with Gasteiger partial charge in [-0.1, -0.05) is 6.07 Å². The third-order valence-electron chi connectivity index (χ3n) is 5.41. The second-order valence-electron chi connectivity index (χ2n) is 6.92. The number of carbonyl (C=O) groups is 2. The highest BCUT2D eigenvalue weighted by Gasteiger charge is 2.51. The van der Waals surface area contributed by atoms with Crippen molar-refractivity contribution >= 4 is 17.6 Å². The van der Waals surface area contributed by atoms with E-state index in [0.29, 0.717) is 37.6 Å². The fraction of sp³-hybridized carbons (Fsp3) is 0.556. The van der Waals surface area contributed by atoms with E-state index in [4.69, 9.17) is 4.74 Å². The Bertz CT molecular complexity index is 674. The number of hydrogen-bond acceptors (Lipinski definition) is 3. The summed E-state index contributed by atoms with van der Waals surface area (Å²) in [6.07, 6.45) is 1.52. The van der Waals surface area contributed by atoms with E-state index in [9.17, 15) is 14.0 Å². The van der Waals surface area contributed by atoms with Gasteiger partial charge in [0.05, 0.1) is 5.92 Å². The first-order chi connectivity index (χ1) is 11.9. The van der Waals surface area contributed by atoms with E-state index in [1.54, 1.807) is 31.0 Å². The van der Waals surface area contributed by atoms with E-state index < -0.39 is 0 Å². The average Bonchev–Trinajstić information content (AvgIpc) is 2.97. The van der Waals surface area contributed by atoms with Gasteiger partial charge in [-0.05, 0) is 37.5 Å². The van der Waals surface area contributed by atoms with Crippen molar-refractivity contribution in [2.75, 3.05) is 38.7 Å². The number of amides is 3. The molecule has 2 aliphatic heterocycles. The molecule has 136 valence electrons. The van der Waals surface area contributed by atoms with Crippen LogP contribution in [0.15, 0.2) is 18.2 Å². The SMILES string of the molecule is CNC(=O)C1CN(C(=O)Nc2ccc(C)c(F)c2)CC12CCOCC2. The third kappa shape index (κ3) is 3.46. The topological polar surface area (TPSA) is 70.7 Å². The number of nitrogens with one attached hydrogen (secondary N) is 2. The molecule has 1 aromatic rings. The molecule has 2 heterocycles. The molecule has 3 rings (SSSR count). The number of anilines is 1. The quantitative estimate of drug-likeness (QED) is 0.859. The van der Waals surface area contributed by atoms with Crippen molar-refractivity contribution in [1.82, 2.24) is 10.2 Å². The van der Waals surface area contributed by atoms with E-state index in [1.165, 1.54) is 6.07 Å². The minimum absolute atomic E-state index is 0.0430. The minimum atomic E-state index is -0.358. The maximum atomic E-state index is 13.7. The highest BCUT2D eigenvalue weighted by Crippen LogP contribution is 2.44. The van der Waals surface area contributed by atoms with Crippen LogP contribution in [0.4, 0.5) is 14.9 Å². The molecule has 0 saturated carbocycles. The van der Waals surface area contributed by atoms with Crippen LogP contribution in [-0.4, -0.2) is 50.2 Å². The highest BCUT2D eigenvalue weighted by molar-refractivity contribution is 5.90. The molecule has 2 saturated heterocycles. The number of rotatable bonds is 2. The number of nitrogens with zero attached hydrogens (tertiary/aromatic N) is 1. The first-order valence-corrected chi connectivity index (χ1v) is 8.56. The summed E-state index contributed by atoms with van der Waals surface area (Å²) in [5, 5.41) is 5.45. The summed E-state index contributed by atoms with van der Waals surface area (Å²) in [6.45, 7) is 3.75. The fourth-order valence-electron chi connectivity index (χ4n) is 3.82. The van der Waals surface area contributed by atoms with E-state index in [-0.39, 0.29) is 29.1 Å². The molecular formula is C18H24FN3O3. The molecule has 1 spiro atoms. The number of carbonyl (C=O) groups excluding carboxylic acids is 2. The summed E-state index contributed by atoms with van der Waals surface area (Å²) in [5.41, 5.74) is 0.700. The van der Waals surface area contributed by atoms with E-state index in [2.05, 4.69) is 10.6 Å². The highest BCUT2D eigenvalue weighted by atomic mass is 19.1. The van der Waals surface area contributed by atoms with Gasteiger partial charge in [-0.25, -0.2) is 9.18 Å². The number of aryl methyl sites for hydroxylation is 1. The summed E-state index contributed by atoms with van der Waals surface area (Å²) >= 11 is 0. The zero-order chi connectivity index (χ0) is 18.0. The van der Waals surface area contributed by atoms with Gasteiger partial charge in [-0.3, -0.25) is 4.79 Å². The maximum absolute atomic E-state index is 13.7. The van der Waals surface area contributed by atoms with Crippen LogP contribution in [0.1, 0.15) is 18.4 Å². The van der Waals surface area contributed by atoms with Crippen molar-refractivity contribution in [2.24, 2.45) is 11.3 Å². The summed E-state index contributed by atoms with van der Waals surface area (Å²) in [6, 6.07) is 4.30. The van der Waals surface area contributed by atoms with Crippen molar-refractivity contribution in [2.45, 2.75) is 19.8 Å². The molecule has 7 heteroatoms. The molecule has 0 aromatic heterocycles. The number of hydrogen-bond donors (Lipinski definition) is 2. The van der Waals surface area contributed by atoms with Gasteiger partial charge in [0.2, 0.25) is 5.91 Å². The zero-order valence-corrected chi connectivity index (χ0v) is 14.6. The first-order valence-electron chi connectivity index (χ1n) is 8.56. The molecular weight excluding hydrogens is 325 g/mol. The summed E-state index contributed by atoms with van der Waals surface area (Å²) in [4.78, 5) is 26.6. The van der Waals surface area contributed by atoms with Crippen LogP contribution in [0, 0.1) is 24.1 Å². The Morgan fingerprint density at radius 2 is 2.04 bits per heavy atom. The molecule has 1 unspecified atom stereocenters. The lowest BCUT2D eigenvalue weighted by Crippen LogP contribution is -2.43. The second kappa shape index (κ2) is 7.00. The lowest BCUT2D eigenvalue weighted by atomic mass is 9.72. The van der Waals surface area contributed by atoms with Crippen LogP contribution in [0.3, 0.4) is 0 Å². The molecule has 0 aliphatic carbocycles. The Hall–Kier alpha value is -2.15. The Labute approximate surface area is 146 Å². The number of benzene rings is 1. The van der Waals surface area contributed by atoms with E-state index in [0.717, 1.165) is 12.8 Å². The van der Waals surface area contributed by atoms with Crippen molar-refractivity contribution in [3.05, 3.63) is 29.6 Å². The molecule has 1 aromatic carbocycles. The van der Waals surface area contributed by atoms with Gasteiger partial charge in [0, 0.05) is 44.5 Å². The molecule has 0 bridgehead atoms. The van der Waals surface area contributed by atoms with Crippen LogP contribution in [0.25, 0.3) is 0 Å². The normalized spacial score (nSPS) is 22.0. The number of ether oxygens (including phenoxy) is 1. The van der Waals surface area contributed by atoms with Gasteiger partial charge in [0.1, 0.15) is 5.82 Å². The first kappa shape index (κ1) is 17.7. The smallest absolute Gasteiger partial charge is 0.321 e. The summed E-state index contributed by atoms with van der Waals surface area (Å²) in [7, 11) is 1.62. The largest absolute Gasteiger partial charge is 0.381 e. The number of halogens is 1. The predicted octanol–water partition coefficient (Wildman–Crippen LogP) is 2.14. The molecule has 2 N–H and O–H groups in total. The Balaban J connectivity index is 1.74. The third-order valence-corrected chi connectivity index (χ3v) is 5.41. The standard InChI is InChI=1S/C18H24FN3O3/c1-12-3-4-13(9-15(12)19)21-17(24)22-10-14(16(23)20-2)18(11-22)5-7-25-8-6-18/h3-4,9,14H,5-8,10-11H2,1-2H3,(H,20,23)(H,21,24). The maximum Gasteiger partial charge on any atom is 0.321 e. The number of urea groups is 1. The van der Waals surface area contributed by atoms with Crippen LogP contribution in [-0.2, 0) is 9.53 Å². The molecule has 2 fully saturated rings. The van der Waals surface area contributed by atoms with E-state index >= 15 is 0 Å². The van der Waals surface area contributed by atoms with Crippen LogP contribution < -0.4 is 10.6 Å². The molecule has 1 atom stereocenters. The second-order valence-corrected chi connectivity index (χ2v) is 6.92. The Morgan fingerprint density at radius 3 is 2.68 bits per heavy atom. The van der Waals surface area contributed by atoms with Crippen LogP contribution in [0.5, 0.6) is 0 Å². The average molecular weight is 349 g/mol. The molecule has 0 radical (unpaired) electrons. The van der Waals surface area contributed by atoms with Gasteiger partial charge in [-0.15, -0.1) is 0 Å². The molecule has 3 amide bonds. The van der Waals surface area contributed by atoms with Gasteiger partial charge in [0.25, 0.3) is 0 Å². The van der Waals surface area contributed by atoms with Gasteiger partial charge in [-0.2, -0.15) is 0 Å². The molecule has 25 heavy (non-hydrogen) atoms. The molecule has 6 nitrogen and oxygen atoms in total. The Kier molecular flexibility index (Phi) is 4.94. The van der Waals surface area contributed by atoms with Gasteiger partial charge >= 0.3 is 6.03 Å². The molecule has 2 aliphatic rings. The van der Waals surface area contributed by atoms with Gasteiger partial charge < -0.3 is 20.3 Å².